The Kier molecular flexibility index (Phi) is 4.37. The fourth-order valence-electron chi connectivity index (χ4n) is 2.72. The molecule has 1 aromatic heterocycles. The lowest BCUT2D eigenvalue weighted by Crippen LogP contribution is -2.49. The van der Waals surface area contributed by atoms with E-state index in [1.54, 1.807) is 31.3 Å². The molecule has 136 valence electrons. The second kappa shape index (κ2) is 6.51. The maximum atomic E-state index is 12.2. The maximum Gasteiger partial charge on any atom is 0.335 e. The Hall–Kier alpha value is -3.36. The monoisotopic (exact) mass is 357 g/mol. The van der Waals surface area contributed by atoms with Crippen molar-refractivity contribution in [3.05, 3.63) is 30.0 Å². The average Bonchev–Trinajstić information content (AvgIpc) is 2.64. The van der Waals surface area contributed by atoms with Crippen molar-refractivity contribution >= 4 is 35.0 Å². The third-order valence-electron chi connectivity index (χ3n) is 4.41. The molecule has 0 bridgehead atoms. The number of nitrogens with zero attached hydrogens (tertiary/aromatic N) is 4. The zero-order valence-corrected chi connectivity index (χ0v) is 14.8. The Morgan fingerprint density at radius 3 is 2.73 bits per heavy atom. The van der Waals surface area contributed by atoms with Crippen LogP contribution in [0.5, 0.6) is 5.75 Å². The number of amides is 1. The Labute approximate surface area is 150 Å². The standard InChI is InChI=1S/C17H19N5O4/c1-9-15(23)22(3)12-8-18-17(20-14(12)21(9)2)19-11-6-5-10(16(24)25)7-13(11)26-4/h5-9H,1-4H3,(H,24,25)(H,18,19,20)/t9-/m1/s1. The van der Waals surface area contributed by atoms with Gasteiger partial charge in [0.05, 0.1) is 24.6 Å². The quantitative estimate of drug-likeness (QED) is 0.852. The number of methoxy groups -OCH3 is 1. The van der Waals surface area contributed by atoms with Gasteiger partial charge in [-0.25, -0.2) is 9.78 Å². The van der Waals surface area contributed by atoms with Gasteiger partial charge in [0.15, 0.2) is 5.82 Å². The molecule has 0 spiro atoms. The molecular weight excluding hydrogens is 338 g/mol. The number of carbonyl (C=O) groups is 2. The maximum absolute atomic E-state index is 12.2. The molecule has 2 heterocycles. The minimum Gasteiger partial charge on any atom is -0.495 e. The number of hydrogen-bond donors (Lipinski definition) is 2. The molecule has 0 unspecified atom stereocenters. The second-order valence-corrected chi connectivity index (χ2v) is 5.93. The molecule has 0 radical (unpaired) electrons. The molecule has 1 atom stereocenters. The number of aromatic carboxylic acids is 1. The van der Waals surface area contributed by atoms with Crippen molar-refractivity contribution in [3.8, 4) is 5.75 Å². The van der Waals surface area contributed by atoms with E-state index in [0.29, 0.717) is 28.9 Å². The highest BCUT2D eigenvalue weighted by atomic mass is 16.5. The minimum atomic E-state index is -1.04. The summed E-state index contributed by atoms with van der Waals surface area (Å²) in [4.78, 5) is 35.3. The number of nitrogens with one attached hydrogen (secondary N) is 1. The third-order valence-corrected chi connectivity index (χ3v) is 4.41. The highest BCUT2D eigenvalue weighted by Crippen LogP contribution is 2.34. The fraction of sp³-hybridized carbons (Fsp3) is 0.294. The van der Waals surface area contributed by atoms with Crippen LogP contribution in [0.4, 0.5) is 23.1 Å². The highest BCUT2D eigenvalue weighted by Gasteiger charge is 2.33. The van der Waals surface area contributed by atoms with Crippen molar-refractivity contribution in [2.75, 3.05) is 36.3 Å². The van der Waals surface area contributed by atoms with E-state index in [2.05, 4.69) is 15.3 Å². The number of rotatable bonds is 4. The summed E-state index contributed by atoms with van der Waals surface area (Å²) in [7, 11) is 4.94. The van der Waals surface area contributed by atoms with Crippen molar-refractivity contribution < 1.29 is 19.4 Å². The van der Waals surface area contributed by atoms with Crippen LogP contribution in [0.2, 0.25) is 0 Å². The van der Waals surface area contributed by atoms with E-state index in [0.717, 1.165) is 0 Å². The van der Waals surface area contributed by atoms with E-state index in [9.17, 15) is 9.59 Å². The van der Waals surface area contributed by atoms with Crippen molar-refractivity contribution in [2.24, 2.45) is 0 Å². The van der Waals surface area contributed by atoms with Crippen LogP contribution >= 0.6 is 0 Å². The van der Waals surface area contributed by atoms with Gasteiger partial charge in [0, 0.05) is 14.1 Å². The summed E-state index contributed by atoms with van der Waals surface area (Å²) >= 11 is 0. The molecule has 9 heteroatoms. The van der Waals surface area contributed by atoms with E-state index in [-0.39, 0.29) is 17.5 Å². The molecule has 9 nitrogen and oxygen atoms in total. The zero-order valence-electron chi connectivity index (χ0n) is 14.8. The van der Waals surface area contributed by atoms with Crippen molar-refractivity contribution in [1.82, 2.24) is 9.97 Å². The van der Waals surface area contributed by atoms with Crippen molar-refractivity contribution in [2.45, 2.75) is 13.0 Å². The summed E-state index contributed by atoms with van der Waals surface area (Å²) in [6.45, 7) is 1.81. The van der Waals surface area contributed by atoms with Gasteiger partial charge >= 0.3 is 5.97 Å². The molecule has 1 aliphatic rings. The SMILES string of the molecule is COc1cc(C(=O)O)ccc1Nc1ncc2c(n1)N(C)[C@H](C)C(=O)N2C. The van der Waals surface area contributed by atoms with Gasteiger partial charge in [-0.1, -0.05) is 0 Å². The topological polar surface area (TPSA) is 108 Å². The molecule has 0 fully saturated rings. The number of hydrogen-bond acceptors (Lipinski definition) is 7. The third kappa shape index (κ3) is 2.87. The summed E-state index contributed by atoms with van der Waals surface area (Å²) in [6, 6.07) is 4.14. The summed E-state index contributed by atoms with van der Waals surface area (Å²) in [6.07, 6.45) is 1.57. The first-order valence-corrected chi connectivity index (χ1v) is 7.89. The molecule has 26 heavy (non-hydrogen) atoms. The normalized spacial score (nSPS) is 16.3. The van der Waals surface area contributed by atoms with Crippen LogP contribution in [0.15, 0.2) is 24.4 Å². The number of fused-ring (bicyclic) bond motifs is 1. The Bertz CT molecular complexity index is 885. The number of carboxylic acids is 1. The number of aromatic nitrogens is 2. The predicted octanol–water partition coefficient (Wildman–Crippen LogP) is 1.73. The molecule has 0 saturated carbocycles. The van der Waals surface area contributed by atoms with E-state index in [1.807, 2.05) is 6.92 Å². The summed E-state index contributed by atoms with van der Waals surface area (Å²) in [5.74, 6) is 0.226. The average molecular weight is 357 g/mol. The summed E-state index contributed by atoms with van der Waals surface area (Å²) < 4.78 is 5.25. The number of anilines is 4. The fourth-order valence-corrected chi connectivity index (χ4v) is 2.72. The molecule has 1 amide bonds. The van der Waals surface area contributed by atoms with Crippen LogP contribution in [-0.4, -0.2) is 54.2 Å². The van der Waals surface area contributed by atoms with Gasteiger partial charge in [0.1, 0.15) is 17.5 Å². The first kappa shape index (κ1) is 17.5. The minimum absolute atomic E-state index is 0.0322. The Morgan fingerprint density at radius 1 is 1.35 bits per heavy atom. The first-order valence-electron chi connectivity index (χ1n) is 7.89. The van der Waals surface area contributed by atoms with Crippen LogP contribution in [0.1, 0.15) is 17.3 Å². The Balaban J connectivity index is 1.95. The van der Waals surface area contributed by atoms with E-state index in [1.165, 1.54) is 24.1 Å². The van der Waals surface area contributed by atoms with Gasteiger partial charge in [-0.2, -0.15) is 4.98 Å². The smallest absolute Gasteiger partial charge is 0.335 e. The molecule has 1 aromatic carbocycles. The van der Waals surface area contributed by atoms with Crippen LogP contribution < -0.4 is 19.9 Å². The number of carboxylic acid groups (broad SMARTS) is 1. The number of likely N-dealkylation sites (N-methyl/N-ethyl adjacent to an activating group) is 2. The lowest BCUT2D eigenvalue weighted by atomic mass is 10.2. The lowest BCUT2D eigenvalue weighted by molar-refractivity contribution is -0.119. The molecule has 2 aromatic rings. The van der Waals surface area contributed by atoms with Crippen LogP contribution in [-0.2, 0) is 4.79 Å². The first-order chi connectivity index (χ1) is 12.3. The predicted molar refractivity (Wildman–Crippen MR) is 96.5 cm³/mol. The van der Waals surface area contributed by atoms with Gasteiger partial charge < -0.3 is 25.0 Å². The van der Waals surface area contributed by atoms with Crippen molar-refractivity contribution in [3.63, 3.8) is 0 Å². The summed E-state index contributed by atoms with van der Waals surface area (Å²) in [5.41, 5.74) is 1.27. The van der Waals surface area contributed by atoms with E-state index >= 15 is 0 Å². The highest BCUT2D eigenvalue weighted by molar-refractivity contribution is 6.04. The molecular formula is C17H19N5O4. The molecule has 0 aliphatic carbocycles. The molecule has 3 rings (SSSR count). The molecule has 1 aliphatic heterocycles. The van der Waals surface area contributed by atoms with Crippen LogP contribution in [0.3, 0.4) is 0 Å². The lowest BCUT2D eigenvalue weighted by Gasteiger charge is -2.36. The van der Waals surface area contributed by atoms with Crippen molar-refractivity contribution in [1.29, 1.82) is 0 Å². The number of carbonyl (C=O) groups excluding carboxylic acids is 1. The van der Waals surface area contributed by atoms with Gasteiger partial charge in [0.2, 0.25) is 11.9 Å². The number of benzene rings is 1. The van der Waals surface area contributed by atoms with E-state index < -0.39 is 5.97 Å². The van der Waals surface area contributed by atoms with Gasteiger partial charge in [0.25, 0.3) is 0 Å². The van der Waals surface area contributed by atoms with Crippen LogP contribution in [0.25, 0.3) is 0 Å². The van der Waals surface area contributed by atoms with Gasteiger partial charge in [-0.3, -0.25) is 4.79 Å². The van der Waals surface area contributed by atoms with Crippen LogP contribution in [0, 0.1) is 0 Å². The number of ether oxygens (including phenoxy) is 1. The summed E-state index contributed by atoms with van der Waals surface area (Å²) in [5, 5.41) is 12.1. The zero-order chi connectivity index (χ0) is 19.0. The largest absolute Gasteiger partial charge is 0.495 e. The van der Waals surface area contributed by atoms with Gasteiger partial charge in [-0.05, 0) is 25.1 Å². The molecule has 0 saturated heterocycles. The second-order valence-electron chi connectivity index (χ2n) is 5.93. The Morgan fingerprint density at radius 2 is 2.08 bits per heavy atom. The molecule has 2 N–H and O–H groups in total. The van der Waals surface area contributed by atoms with Gasteiger partial charge in [-0.15, -0.1) is 0 Å². The van der Waals surface area contributed by atoms with E-state index in [4.69, 9.17) is 9.84 Å².